The lowest BCUT2D eigenvalue weighted by atomic mass is 9.97. The molecule has 93 heavy (non-hydrogen) atoms. The quantitative estimate of drug-likeness (QED) is 0.0279. The summed E-state index contributed by atoms with van der Waals surface area (Å²) in [7, 11) is 3.16. The Morgan fingerprint density at radius 1 is 0.677 bits per heavy atom. The third-order valence-electron chi connectivity index (χ3n) is 16.3. The fraction of sp³-hybridized carbons (Fsp3) is 0.424. The predicted molar refractivity (Wildman–Crippen MR) is 341 cm³/mol. The molecular weight excluding hydrogens is 1200 g/mol. The van der Waals surface area contributed by atoms with E-state index in [9.17, 15) is 19.2 Å². The van der Waals surface area contributed by atoms with Gasteiger partial charge in [-0.25, -0.2) is 9.97 Å². The zero-order valence-corrected chi connectivity index (χ0v) is 53.0. The van der Waals surface area contributed by atoms with Crippen LogP contribution in [-0.4, -0.2) is 171 Å². The molecule has 0 bridgehead atoms. The molecule has 0 spiro atoms. The van der Waals surface area contributed by atoms with Gasteiger partial charge in [0, 0.05) is 76.0 Å². The maximum Gasteiger partial charge on any atom is 0.276 e. The van der Waals surface area contributed by atoms with Gasteiger partial charge in [0.1, 0.15) is 64.1 Å². The number of allylic oxidation sites excluding steroid dienone is 2. The van der Waals surface area contributed by atoms with Gasteiger partial charge in [-0.3, -0.25) is 44.1 Å². The number of hydrogen-bond acceptors (Lipinski definition) is 19. The van der Waals surface area contributed by atoms with E-state index in [-0.39, 0.29) is 68.3 Å². The van der Waals surface area contributed by atoms with E-state index in [4.69, 9.17) is 68.8 Å². The second kappa shape index (κ2) is 30.1. The van der Waals surface area contributed by atoms with Crippen LogP contribution in [-0.2, 0) is 65.9 Å². The lowest BCUT2D eigenvalue weighted by Crippen LogP contribution is -2.63. The number of carbonyl (C=O) groups excluding carboxylic acids is 4. The van der Waals surface area contributed by atoms with Gasteiger partial charge in [-0.2, -0.15) is 10.2 Å². The van der Waals surface area contributed by atoms with E-state index < -0.39 is 60.6 Å². The highest BCUT2D eigenvalue weighted by atomic mass is 16.8. The van der Waals surface area contributed by atoms with Crippen LogP contribution in [0.2, 0.25) is 0 Å². The average molecular weight is 1280 g/mol. The Bertz CT molecular complexity index is 3950. The molecule has 8 aromatic rings. The number of aromatic nitrogens is 8. The molecule has 27 nitrogen and oxygen atoms in total. The Labute approximate surface area is 537 Å². The van der Waals surface area contributed by atoms with E-state index >= 15 is 0 Å². The van der Waals surface area contributed by atoms with Crippen molar-refractivity contribution in [2.24, 2.45) is 11.5 Å². The first-order valence-electron chi connectivity index (χ1n) is 31.2. The lowest BCUT2D eigenvalue weighted by molar-refractivity contribution is -0.368. The highest BCUT2D eigenvalue weighted by Crippen LogP contribution is 2.38. The first kappa shape index (κ1) is 65.4. The molecule has 7 heterocycles. The lowest BCUT2D eigenvalue weighted by Gasteiger charge is -2.48. The highest BCUT2D eigenvalue weighted by Gasteiger charge is 2.51. The topological polar surface area (TPSA) is 311 Å². The normalized spacial score (nSPS) is 19.2. The summed E-state index contributed by atoms with van der Waals surface area (Å²) in [5.74, 6) is -0.772. The number of benzene rings is 4. The SMILES string of the molecule is CCn1nc(C)cc1C(=O)Nc1nc2cc(C(N)=O)cc(OCCCO[C@H]3[C@@H](OC)O[C@@H]4COC(c5ccccc5)O[C@H]4[C@@H]3OCc3ccc(OC)cc3)c2n1C/C=C/Cn1c(NC(=O)c2cc(C)nn2CC)nc2cc(C(N)=O)cc(OCCCN3CCOCC3)c21. The number of fused-ring (bicyclic) bond motifs is 3. The van der Waals surface area contributed by atoms with Crippen LogP contribution in [0, 0.1) is 13.8 Å². The van der Waals surface area contributed by atoms with Gasteiger partial charge in [0.25, 0.3) is 11.8 Å². The molecule has 6 N–H and O–H groups in total. The number of aryl methyl sites for hydroxylation is 4. The maximum absolute atomic E-state index is 14.3. The van der Waals surface area contributed by atoms with Crippen molar-refractivity contribution < 1.29 is 66.5 Å². The second-order valence-corrected chi connectivity index (χ2v) is 22.6. The molecule has 0 radical (unpaired) electrons. The van der Waals surface area contributed by atoms with Crippen LogP contribution in [0.5, 0.6) is 17.2 Å². The molecular formula is C66H79N13O14. The fourth-order valence-electron chi connectivity index (χ4n) is 11.7. The summed E-state index contributed by atoms with van der Waals surface area (Å²) in [5, 5.41) is 15.0. The van der Waals surface area contributed by atoms with Gasteiger partial charge in [0.05, 0.1) is 75.8 Å². The van der Waals surface area contributed by atoms with E-state index in [1.165, 1.54) is 0 Å². The molecule has 3 aliphatic heterocycles. The summed E-state index contributed by atoms with van der Waals surface area (Å²) in [6, 6.07) is 26.9. The molecule has 492 valence electrons. The molecule has 0 aliphatic carbocycles. The van der Waals surface area contributed by atoms with E-state index in [0.717, 1.165) is 30.8 Å². The molecule has 3 aliphatic rings. The Morgan fingerprint density at radius 3 is 1.78 bits per heavy atom. The second-order valence-electron chi connectivity index (χ2n) is 22.6. The van der Waals surface area contributed by atoms with Gasteiger partial charge in [-0.05, 0) is 88.2 Å². The smallest absolute Gasteiger partial charge is 0.276 e. The van der Waals surface area contributed by atoms with E-state index in [0.29, 0.717) is 102 Å². The van der Waals surface area contributed by atoms with Gasteiger partial charge in [-0.1, -0.05) is 54.6 Å². The monoisotopic (exact) mass is 1280 g/mol. The molecule has 6 atom stereocenters. The Hall–Kier alpha value is -9.06. The van der Waals surface area contributed by atoms with Crippen molar-refractivity contribution >= 4 is 57.6 Å². The zero-order valence-electron chi connectivity index (χ0n) is 53.0. The van der Waals surface area contributed by atoms with Crippen LogP contribution in [0.25, 0.3) is 22.1 Å². The number of nitrogens with zero attached hydrogens (tertiary/aromatic N) is 9. The minimum absolute atomic E-state index is 0.0694. The van der Waals surface area contributed by atoms with Crippen molar-refractivity contribution in [2.75, 3.05) is 84.1 Å². The fourth-order valence-corrected chi connectivity index (χ4v) is 11.7. The van der Waals surface area contributed by atoms with Crippen LogP contribution in [0.4, 0.5) is 11.9 Å². The molecule has 1 unspecified atom stereocenters. The summed E-state index contributed by atoms with van der Waals surface area (Å²) >= 11 is 0. The van der Waals surface area contributed by atoms with Crippen molar-refractivity contribution in [2.45, 2.75) is 110 Å². The van der Waals surface area contributed by atoms with E-state index in [1.54, 1.807) is 83.0 Å². The van der Waals surface area contributed by atoms with Gasteiger partial charge >= 0.3 is 0 Å². The number of methoxy groups -OCH3 is 2. The molecule has 27 heteroatoms. The zero-order chi connectivity index (χ0) is 65.1. The molecule has 3 saturated heterocycles. The summed E-state index contributed by atoms with van der Waals surface area (Å²) in [4.78, 5) is 66.4. The molecule has 0 saturated carbocycles. The van der Waals surface area contributed by atoms with Gasteiger partial charge in [0.15, 0.2) is 12.6 Å². The first-order chi connectivity index (χ1) is 45.2. The number of morpholine rings is 1. The third-order valence-corrected chi connectivity index (χ3v) is 16.3. The number of amides is 4. The van der Waals surface area contributed by atoms with Crippen molar-refractivity contribution in [3.05, 3.63) is 148 Å². The third kappa shape index (κ3) is 15.2. The first-order valence-corrected chi connectivity index (χ1v) is 31.2. The Balaban J connectivity index is 0.885. The van der Waals surface area contributed by atoms with Gasteiger partial charge < -0.3 is 68.0 Å². The summed E-state index contributed by atoms with van der Waals surface area (Å²) in [6.45, 7) is 13.1. The summed E-state index contributed by atoms with van der Waals surface area (Å²) in [5.41, 5.74) is 17.4. The number of hydrogen-bond donors (Lipinski definition) is 4. The van der Waals surface area contributed by atoms with Crippen LogP contribution in [0.15, 0.2) is 103 Å². The summed E-state index contributed by atoms with van der Waals surface area (Å²) < 4.78 is 69.4. The molecule has 3 fully saturated rings. The standard InChI is InChI=1S/C66H79N13O14/c1-7-78-49(32-40(3)73-78)61(82)71-65-69-47-34-44(59(67)80)36-51(87-27-14-22-75-25-30-86-31-26-75)54(47)76(65)23-12-13-24-77-55-48(70-66(77)72-62(83)50-33-41(4)74-79(50)8-2)35-45(60(68)81)37-52(55)88-28-15-29-89-58-57(90-38-42-18-20-46(84-5)21-19-42)56-53(92-64(58)85-6)39-91-63(93-56)43-16-10-9-11-17-43/h9-13,16-21,32-37,53,56-58,63-64H,7-8,14-15,22-31,38-39H2,1-6H3,(H2,67,80)(H2,68,81)(H,69,71,82)(H,70,72,83)/b13-12+/t53-,56-,57+,58-,63?,64+/m1/s1. The average Bonchev–Trinajstić information content (AvgIpc) is 1.77. The van der Waals surface area contributed by atoms with Gasteiger partial charge in [0.2, 0.25) is 23.7 Å². The van der Waals surface area contributed by atoms with Crippen molar-refractivity contribution in [1.82, 2.24) is 43.6 Å². The minimum Gasteiger partial charge on any atom is -0.497 e. The largest absolute Gasteiger partial charge is 0.497 e. The summed E-state index contributed by atoms with van der Waals surface area (Å²) in [6.07, 6.45) is 0.535. The number of primary amides is 2. The molecule has 4 aromatic heterocycles. The van der Waals surface area contributed by atoms with E-state index in [1.807, 2.05) is 80.6 Å². The van der Waals surface area contributed by atoms with Crippen LogP contribution in [0.3, 0.4) is 0 Å². The maximum atomic E-state index is 14.3. The van der Waals surface area contributed by atoms with Crippen LogP contribution in [0.1, 0.15) is 97.2 Å². The number of nitrogens with one attached hydrogen (secondary N) is 2. The van der Waals surface area contributed by atoms with Crippen molar-refractivity contribution in [1.29, 1.82) is 0 Å². The van der Waals surface area contributed by atoms with Crippen molar-refractivity contribution in [3.63, 3.8) is 0 Å². The predicted octanol–water partition coefficient (Wildman–Crippen LogP) is 6.73. The number of nitrogens with two attached hydrogens (primary N) is 2. The molecule has 4 aromatic carbocycles. The number of carbonyl (C=O) groups is 4. The number of imidazole rings is 2. The number of rotatable bonds is 29. The Morgan fingerprint density at radius 2 is 1.25 bits per heavy atom. The van der Waals surface area contributed by atoms with Crippen LogP contribution < -0.4 is 36.3 Å². The number of ether oxygens (including phenoxy) is 10. The highest BCUT2D eigenvalue weighted by molar-refractivity contribution is 6.05. The minimum atomic E-state index is -0.865. The van der Waals surface area contributed by atoms with E-state index in [2.05, 4.69) is 25.7 Å². The van der Waals surface area contributed by atoms with Crippen LogP contribution >= 0.6 is 0 Å². The van der Waals surface area contributed by atoms with Crippen molar-refractivity contribution in [3.8, 4) is 17.2 Å². The number of anilines is 2. The van der Waals surface area contributed by atoms with Gasteiger partial charge in [-0.15, -0.1) is 0 Å². The Kier molecular flexibility index (Phi) is 21.2. The molecule has 11 rings (SSSR count). The molecule has 4 amide bonds.